The van der Waals surface area contributed by atoms with Gasteiger partial charge in [-0.1, -0.05) is 12.1 Å². The molecule has 0 aliphatic carbocycles. The molecule has 98 valence electrons. The van der Waals surface area contributed by atoms with Crippen molar-refractivity contribution in [2.75, 3.05) is 20.8 Å². The molecule has 0 heterocycles. The molecule has 0 bridgehead atoms. The predicted octanol–water partition coefficient (Wildman–Crippen LogP) is 1.61. The Hall–Kier alpha value is -2.01. The lowest BCUT2D eigenvalue weighted by molar-refractivity contribution is -0.139. The molecule has 1 rings (SSSR count). The first-order valence-corrected chi connectivity index (χ1v) is 5.43. The fourth-order valence-corrected chi connectivity index (χ4v) is 1.58. The largest absolute Gasteiger partial charge is 0.493 e. The summed E-state index contributed by atoms with van der Waals surface area (Å²) in [6.07, 6.45) is 1.61. The van der Waals surface area contributed by atoms with Crippen LogP contribution in [-0.4, -0.2) is 31.8 Å². The highest BCUT2D eigenvalue weighted by atomic mass is 16.5. The summed E-state index contributed by atoms with van der Waals surface area (Å²) >= 11 is 0. The first kappa shape index (κ1) is 14.1. The fraction of sp³-hybridized carbons (Fsp3) is 0.308. The van der Waals surface area contributed by atoms with Gasteiger partial charge < -0.3 is 14.6 Å². The van der Waals surface area contributed by atoms with Crippen LogP contribution in [0.1, 0.15) is 11.6 Å². The minimum atomic E-state index is -0.955. The molecule has 1 aromatic carbocycles. The van der Waals surface area contributed by atoms with Gasteiger partial charge >= 0.3 is 5.97 Å². The van der Waals surface area contributed by atoms with Gasteiger partial charge in [0.05, 0.1) is 14.2 Å². The number of hydrogen-bond acceptors (Lipinski definition) is 4. The summed E-state index contributed by atoms with van der Waals surface area (Å²) in [5.41, 5.74) is 0.599. The van der Waals surface area contributed by atoms with E-state index in [-0.39, 0.29) is 0 Å². The molecule has 5 nitrogen and oxygen atoms in total. The van der Waals surface area contributed by atoms with E-state index in [2.05, 4.69) is 11.9 Å². The molecular formula is C13H17NO4. The van der Waals surface area contributed by atoms with Gasteiger partial charge in [0, 0.05) is 6.54 Å². The number of nitrogens with one attached hydrogen (secondary N) is 1. The number of methoxy groups -OCH3 is 2. The summed E-state index contributed by atoms with van der Waals surface area (Å²) in [6, 6.07) is 4.21. The minimum absolute atomic E-state index is 0.408. The quantitative estimate of drug-likeness (QED) is 0.720. The number of rotatable bonds is 7. The average molecular weight is 251 g/mol. The van der Waals surface area contributed by atoms with Gasteiger partial charge in [0.15, 0.2) is 11.5 Å². The van der Waals surface area contributed by atoms with Crippen LogP contribution < -0.4 is 14.8 Å². The van der Waals surface area contributed by atoms with Crippen molar-refractivity contribution in [1.29, 1.82) is 0 Å². The zero-order chi connectivity index (χ0) is 13.5. The van der Waals surface area contributed by atoms with Crippen molar-refractivity contribution in [3.63, 3.8) is 0 Å². The van der Waals surface area contributed by atoms with Crippen LogP contribution in [0.25, 0.3) is 0 Å². The smallest absolute Gasteiger partial charge is 0.325 e. The Morgan fingerprint density at radius 2 is 2.11 bits per heavy atom. The molecule has 0 fully saturated rings. The highest BCUT2D eigenvalue weighted by molar-refractivity contribution is 5.76. The maximum atomic E-state index is 11.2. The maximum absolute atomic E-state index is 11.2. The lowest BCUT2D eigenvalue weighted by atomic mass is 10.1. The number of carbonyl (C=O) groups is 1. The molecule has 0 radical (unpaired) electrons. The third-order valence-electron chi connectivity index (χ3n) is 2.45. The van der Waals surface area contributed by atoms with Crippen molar-refractivity contribution in [1.82, 2.24) is 5.32 Å². The molecule has 0 saturated heterocycles. The van der Waals surface area contributed by atoms with E-state index in [9.17, 15) is 9.90 Å². The standard InChI is InChI=1S/C13H17NO4/c1-4-7-14-12(13(15)16)9-5-6-10(17-2)11(8-9)18-3/h4-6,8,12,14H,1,7H2,2-3H3,(H,15,16). The van der Waals surface area contributed by atoms with Gasteiger partial charge in [-0.25, -0.2) is 0 Å². The highest BCUT2D eigenvalue weighted by Gasteiger charge is 2.20. The maximum Gasteiger partial charge on any atom is 0.325 e. The van der Waals surface area contributed by atoms with Crippen LogP contribution in [-0.2, 0) is 4.79 Å². The fourth-order valence-electron chi connectivity index (χ4n) is 1.58. The molecule has 1 atom stereocenters. The first-order chi connectivity index (χ1) is 8.63. The molecule has 18 heavy (non-hydrogen) atoms. The van der Waals surface area contributed by atoms with Crippen molar-refractivity contribution in [3.05, 3.63) is 36.4 Å². The SMILES string of the molecule is C=CCNC(C(=O)O)c1ccc(OC)c(OC)c1. The van der Waals surface area contributed by atoms with Gasteiger partial charge in [0.25, 0.3) is 0 Å². The van der Waals surface area contributed by atoms with E-state index in [0.29, 0.717) is 23.6 Å². The van der Waals surface area contributed by atoms with Crippen LogP contribution in [0.4, 0.5) is 0 Å². The second kappa shape index (κ2) is 6.66. The van der Waals surface area contributed by atoms with Gasteiger partial charge in [0.1, 0.15) is 6.04 Å². The summed E-state index contributed by atoms with van der Waals surface area (Å²) in [6.45, 7) is 3.95. The Labute approximate surface area is 106 Å². The number of carboxylic acids is 1. The zero-order valence-corrected chi connectivity index (χ0v) is 10.5. The zero-order valence-electron chi connectivity index (χ0n) is 10.5. The van der Waals surface area contributed by atoms with E-state index in [0.717, 1.165) is 0 Å². The Morgan fingerprint density at radius 1 is 1.44 bits per heavy atom. The number of ether oxygens (including phenoxy) is 2. The summed E-state index contributed by atoms with van der Waals surface area (Å²) in [5, 5.41) is 12.0. The van der Waals surface area contributed by atoms with Crippen molar-refractivity contribution in [2.45, 2.75) is 6.04 Å². The van der Waals surface area contributed by atoms with Crippen molar-refractivity contribution in [3.8, 4) is 11.5 Å². The van der Waals surface area contributed by atoms with Gasteiger partial charge in [-0.3, -0.25) is 10.1 Å². The minimum Gasteiger partial charge on any atom is -0.493 e. The van der Waals surface area contributed by atoms with Gasteiger partial charge in [-0.15, -0.1) is 6.58 Å². The number of benzene rings is 1. The van der Waals surface area contributed by atoms with Crippen LogP contribution in [0.15, 0.2) is 30.9 Å². The molecular weight excluding hydrogens is 234 g/mol. The highest BCUT2D eigenvalue weighted by Crippen LogP contribution is 2.30. The molecule has 0 saturated carbocycles. The molecule has 2 N–H and O–H groups in total. The Bertz CT molecular complexity index is 431. The summed E-state index contributed by atoms with van der Waals surface area (Å²) in [7, 11) is 3.04. The molecule has 0 amide bonds. The molecule has 5 heteroatoms. The monoisotopic (exact) mass is 251 g/mol. The second-order valence-electron chi connectivity index (χ2n) is 3.58. The van der Waals surface area contributed by atoms with Crippen LogP contribution in [0.2, 0.25) is 0 Å². The molecule has 0 spiro atoms. The van der Waals surface area contributed by atoms with Crippen LogP contribution >= 0.6 is 0 Å². The van der Waals surface area contributed by atoms with E-state index in [1.54, 1.807) is 24.3 Å². The average Bonchev–Trinajstić information content (AvgIpc) is 2.38. The van der Waals surface area contributed by atoms with Crippen LogP contribution in [0.3, 0.4) is 0 Å². The van der Waals surface area contributed by atoms with Crippen molar-refractivity contribution in [2.24, 2.45) is 0 Å². The lowest BCUT2D eigenvalue weighted by Crippen LogP contribution is -2.28. The van der Waals surface area contributed by atoms with Crippen molar-refractivity contribution < 1.29 is 19.4 Å². The van der Waals surface area contributed by atoms with Crippen LogP contribution in [0.5, 0.6) is 11.5 Å². The van der Waals surface area contributed by atoms with Gasteiger partial charge in [-0.2, -0.15) is 0 Å². The third-order valence-corrected chi connectivity index (χ3v) is 2.45. The number of hydrogen-bond donors (Lipinski definition) is 2. The Balaban J connectivity index is 3.04. The molecule has 0 aromatic heterocycles. The van der Waals surface area contributed by atoms with E-state index < -0.39 is 12.0 Å². The summed E-state index contributed by atoms with van der Waals surface area (Å²) in [4.78, 5) is 11.2. The molecule has 1 aromatic rings. The second-order valence-corrected chi connectivity index (χ2v) is 3.58. The van der Waals surface area contributed by atoms with E-state index in [4.69, 9.17) is 9.47 Å². The van der Waals surface area contributed by atoms with Crippen LogP contribution in [0, 0.1) is 0 Å². The van der Waals surface area contributed by atoms with Crippen molar-refractivity contribution >= 4 is 5.97 Å². The lowest BCUT2D eigenvalue weighted by Gasteiger charge is -2.16. The molecule has 0 aliphatic rings. The Kier molecular flexibility index (Phi) is 5.20. The van der Waals surface area contributed by atoms with Gasteiger partial charge in [-0.05, 0) is 17.7 Å². The summed E-state index contributed by atoms with van der Waals surface area (Å²) in [5.74, 6) is 0.111. The normalized spacial score (nSPS) is 11.7. The van der Waals surface area contributed by atoms with E-state index >= 15 is 0 Å². The topological polar surface area (TPSA) is 67.8 Å². The number of aliphatic carboxylic acids is 1. The van der Waals surface area contributed by atoms with E-state index in [1.807, 2.05) is 0 Å². The Morgan fingerprint density at radius 3 is 2.61 bits per heavy atom. The molecule has 0 aliphatic heterocycles. The van der Waals surface area contributed by atoms with E-state index in [1.165, 1.54) is 14.2 Å². The third kappa shape index (κ3) is 3.24. The number of carboxylic acid groups (broad SMARTS) is 1. The predicted molar refractivity (Wildman–Crippen MR) is 68.1 cm³/mol. The summed E-state index contributed by atoms with van der Waals surface area (Å²) < 4.78 is 10.2. The first-order valence-electron chi connectivity index (χ1n) is 5.43. The molecule has 1 unspecified atom stereocenters. The van der Waals surface area contributed by atoms with Gasteiger partial charge in [0.2, 0.25) is 0 Å².